The molecule has 2 aromatic carbocycles. The van der Waals surface area contributed by atoms with Crippen LogP contribution in [-0.2, 0) is 6.54 Å². The fourth-order valence-corrected chi connectivity index (χ4v) is 3.48. The molecule has 4 aromatic rings. The lowest BCUT2D eigenvalue weighted by Crippen LogP contribution is -2.33. The Hall–Kier alpha value is -3.93. The summed E-state index contributed by atoms with van der Waals surface area (Å²) in [6, 6.07) is 20.2. The Balaban J connectivity index is 1.77. The number of aromatic nitrogens is 2. The van der Waals surface area contributed by atoms with E-state index in [0.717, 1.165) is 22.2 Å². The molecule has 2 heterocycles. The van der Waals surface area contributed by atoms with Crippen molar-refractivity contribution in [2.45, 2.75) is 20.4 Å². The molecular weight excluding hydrogens is 390 g/mol. The fourth-order valence-electron chi connectivity index (χ4n) is 3.48. The zero-order valence-electron chi connectivity index (χ0n) is 17.5. The molecule has 6 heteroatoms. The number of nitrogens with one attached hydrogen (secondary N) is 1. The van der Waals surface area contributed by atoms with Crippen molar-refractivity contribution in [1.82, 2.24) is 9.97 Å². The van der Waals surface area contributed by atoms with Crippen molar-refractivity contribution in [3.05, 3.63) is 100 Å². The summed E-state index contributed by atoms with van der Waals surface area (Å²) >= 11 is 0. The highest BCUT2D eigenvalue weighted by Gasteiger charge is 2.21. The predicted molar refractivity (Wildman–Crippen MR) is 122 cm³/mol. The smallest absolute Gasteiger partial charge is 0.277 e. The first-order valence-corrected chi connectivity index (χ1v) is 10.1. The Bertz CT molecular complexity index is 1280. The molecule has 4 rings (SSSR count). The van der Waals surface area contributed by atoms with Gasteiger partial charge in [-0.2, -0.15) is 0 Å². The largest absolute Gasteiger partial charge is 0.494 e. The third-order valence-electron chi connectivity index (χ3n) is 4.97. The zero-order valence-corrected chi connectivity index (χ0v) is 17.5. The number of benzene rings is 2. The summed E-state index contributed by atoms with van der Waals surface area (Å²) in [6.45, 7) is 4.56. The molecule has 1 N–H and O–H groups in total. The standard InChI is InChI=1S/C25H23N3O3/c1-3-31-21-10-11-22-18(15-21)14-19(24(29)27-22)16-28(20-8-6-7-17(2)13-20)25(30)23-9-4-5-12-26-23/h4-15H,3,16H2,1-2H3,(H,27,29). The Morgan fingerprint density at radius 3 is 2.68 bits per heavy atom. The first-order valence-electron chi connectivity index (χ1n) is 10.1. The van der Waals surface area contributed by atoms with Crippen molar-refractivity contribution in [3.8, 4) is 5.75 Å². The van der Waals surface area contributed by atoms with Gasteiger partial charge in [-0.25, -0.2) is 0 Å². The van der Waals surface area contributed by atoms with Crippen LogP contribution in [0.5, 0.6) is 5.75 Å². The fraction of sp³-hybridized carbons (Fsp3) is 0.160. The van der Waals surface area contributed by atoms with Gasteiger partial charge in [0.1, 0.15) is 11.4 Å². The van der Waals surface area contributed by atoms with Crippen molar-refractivity contribution in [2.24, 2.45) is 0 Å². The van der Waals surface area contributed by atoms with E-state index in [1.807, 2.05) is 62.4 Å². The van der Waals surface area contributed by atoms with Crippen molar-refractivity contribution in [1.29, 1.82) is 0 Å². The maximum absolute atomic E-state index is 13.3. The van der Waals surface area contributed by atoms with Crippen LogP contribution in [0.2, 0.25) is 0 Å². The van der Waals surface area contributed by atoms with Gasteiger partial charge in [-0.3, -0.25) is 14.6 Å². The summed E-state index contributed by atoms with van der Waals surface area (Å²) < 4.78 is 5.58. The van der Waals surface area contributed by atoms with Crippen molar-refractivity contribution in [3.63, 3.8) is 0 Å². The number of hydrogen-bond acceptors (Lipinski definition) is 4. The average Bonchev–Trinajstić information content (AvgIpc) is 2.78. The number of carbonyl (C=O) groups is 1. The van der Waals surface area contributed by atoms with E-state index < -0.39 is 0 Å². The normalized spacial score (nSPS) is 10.8. The number of aromatic amines is 1. The van der Waals surface area contributed by atoms with Gasteiger partial charge in [0, 0.05) is 28.4 Å². The molecule has 0 unspecified atom stereocenters. The number of nitrogens with zero attached hydrogens (tertiary/aromatic N) is 2. The quantitative estimate of drug-likeness (QED) is 0.506. The number of rotatable bonds is 6. The Morgan fingerprint density at radius 1 is 1.06 bits per heavy atom. The molecule has 0 fully saturated rings. The second-order valence-corrected chi connectivity index (χ2v) is 7.25. The first-order chi connectivity index (χ1) is 15.0. The molecule has 0 aliphatic rings. The van der Waals surface area contributed by atoms with Crippen LogP contribution >= 0.6 is 0 Å². The highest BCUT2D eigenvalue weighted by molar-refractivity contribution is 6.04. The van der Waals surface area contributed by atoms with Gasteiger partial charge in [0.2, 0.25) is 0 Å². The minimum atomic E-state index is -0.270. The number of aryl methyl sites for hydroxylation is 1. The molecule has 0 saturated carbocycles. The molecule has 0 aliphatic carbocycles. The van der Waals surface area contributed by atoms with E-state index in [1.165, 1.54) is 0 Å². The van der Waals surface area contributed by atoms with Gasteiger partial charge < -0.3 is 14.6 Å². The van der Waals surface area contributed by atoms with E-state index in [-0.39, 0.29) is 18.0 Å². The van der Waals surface area contributed by atoms with Gasteiger partial charge in [0.15, 0.2) is 0 Å². The third-order valence-corrected chi connectivity index (χ3v) is 4.97. The van der Waals surface area contributed by atoms with Crippen LogP contribution in [0, 0.1) is 6.92 Å². The summed E-state index contributed by atoms with van der Waals surface area (Å²) in [6.07, 6.45) is 1.58. The van der Waals surface area contributed by atoms with E-state index in [2.05, 4.69) is 9.97 Å². The lowest BCUT2D eigenvalue weighted by Gasteiger charge is -2.23. The van der Waals surface area contributed by atoms with Crippen LogP contribution in [0.3, 0.4) is 0 Å². The van der Waals surface area contributed by atoms with Crippen LogP contribution in [0.4, 0.5) is 5.69 Å². The maximum Gasteiger partial charge on any atom is 0.277 e. The molecule has 156 valence electrons. The number of hydrogen-bond donors (Lipinski definition) is 1. The Kier molecular flexibility index (Phi) is 5.80. The molecular formula is C25H23N3O3. The van der Waals surface area contributed by atoms with Gasteiger partial charge in [0.25, 0.3) is 11.5 Å². The average molecular weight is 413 g/mol. The number of fused-ring (bicyclic) bond motifs is 1. The number of H-pyrrole nitrogens is 1. The van der Waals surface area contributed by atoms with Gasteiger partial charge in [-0.05, 0) is 67.9 Å². The summed E-state index contributed by atoms with van der Waals surface area (Å²) in [4.78, 5) is 34.8. The molecule has 2 aromatic heterocycles. The molecule has 0 atom stereocenters. The monoisotopic (exact) mass is 413 g/mol. The van der Waals surface area contributed by atoms with Crippen LogP contribution in [-0.4, -0.2) is 22.5 Å². The number of carbonyl (C=O) groups excluding carboxylic acids is 1. The van der Waals surface area contributed by atoms with E-state index in [1.54, 1.807) is 29.3 Å². The molecule has 0 saturated heterocycles. The molecule has 0 bridgehead atoms. The highest BCUT2D eigenvalue weighted by Crippen LogP contribution is 2.23. The second-order valence-electron chi connectivity index (χ2n) is 7.25. The minimum Gasteiger partial charge on any atom is -0.494 e. The Labute approximate surface area is 180 Å². The van der Waals surface area contributed by atoms with Crippen LogP contribution in [0.15, 0.2) is 77.7 Å². The number of amides is 1. The van der Waals surface area contributed by atoms with E-state index in [0.29, 0.717) is 23.6 Å². The Morgan fingerprint density at radius 2 is 1.94 bits per heavy atom. The summed E-state index contributed by atoms with van der Waals surface area (Å²) in [5.41, 5.74) is 3.01. The summed E-state index contributed by atoms with van der Waals surface area (Å²) in [7, 11) is 0. The lowest BCUT2D eigenvalue weighted by atomic mass is 10.1. The van der Waals surface area contributed by atoms with Gasteiger partial charge in [-0.1, -0.05) is 18.2 Å². The van der Waals surface area contributed by atoms with Crippen LogP contribution < -0.4 is 15.2 Å². The van der Waals surface area contributed by atoms with Gasteiger partial charge in [0.05, 0.1) is 13.2 Å². The van der Waals surface area contributed by atoms with Crippen molar-refractivity contribution in [2.75, 3.05) is 11.5 Å². The first kappa shape index (κ1) is 20.3. The van der Waals surface area contributed by atoms with E-state index >= 15 is 0 Å². The minimum absolute atomic E-state index is 0.114. The van der Waals surface area contributed by atoms with Gasteiger partial charge >= 0.3 is 0 Å². The van der Waals surface area contributed by atoms with Crippen LogP contribution in [0.25, 0.3) is 10.9 Å². The van der Waals surface area contributed by atoms with Crippen molar-refractivity contribution < 1.29 is 9.53 Å². The number of anilines is 1. The summed E-state index contributed by atoms with van der Waals surface area (Å²) in [5, 5.41) is 0.843. The second kappa shape index (κ2) is 8.83. The molecule has 0 radical (unpaired) electrons. The maximum atomic E-state index is 13.3. The predicted octanol–water partition coefficient (Wildman–Crippen LogP) is 4.48. The van der Waals surface area contributed by atoms with E-state index in [9.17, 15) is 9.59 Å². The number of ether oxygens (including phenoxy) is 1. The van der Waals surface area contributed by atoms with Gasteiger partial charge in [-0.15, -0.1) is 0 Å². The van der Waals surface area contributed by atoms with Crippen molar-refractivity contribution >= 4 is 22.5 Å². The van der Waals surface area contributed by atoms with E-state index in [4.69, 9.17) is 4.74 Å². The molecule has 0 spiro atoms. The topological polar surface area (TPSA) is 75.3 Å². The SMILES string of the molecule is CCOc1ccc2[nH]c(=O)c(CN(C(=O)c3ccccn3)c3cccc(C)c3)cc2c1. The molecule has 6 nitrogen and oxygen atoms in total. The highest BCUT2D eigenvalue weighted by atomic mass is 16.5. The lowest BCUT2D eigenvalue weighted by molar-refractivity contribution is 0.0980. The zero-order chi connectivity index (χ0) is 21.8. The van der Waals surface area contributed by atoms with Crippen LogP contribution in [0.1, 0.15) is 28.5 Å². The molecule has 31 heavy (non-hydrogen) atoms. The number of pyridine rings is 2. The third kappa shape index (κ3) is 4.48. The summed E-state index contributed by atoms with van der Waals surface area (Å²) in [5.74, 6) is 0.460. The molecule has 1 amide bonds. The molecule has 0 aliphatic heterocycles.